The van der Waals surface area contributed by atoms with E-state index in [1.165, 1.54) is 12.1 Å². The number of hydrogen-bond acceptors (Lipinski definition) is 6. The lowest BCUT2D eigenvalue weighted by molar-refractivity contribution is -0.141. The minimum Gasteiger partial charge on any atom is -0.497 e. The van der Waals surface area contributed by atoms with Crippen molar-refractivity contribution in [1.29, 1.82) is 0 Å². The lowest BCUT2D eigenvalue weighted by atomic mass is 10.0. The SMILES string of the molecule is CCNS(=O)(=O)c1ccc(CCC(=O)N(Cc2ccc(OC)cc2)C(Cc2ccccc2)C(=O)NCc2ccccn2)cc1. The van der Waals surface area contributed by atoms with Crippen molar-refractivity contribution in [3.8, 4) is 5.75 Å². The molecule has 4 rings (SSSR count). The van der Waals surface area contributed by atoms with Gasteiger partial charge in [-0.1, -0.05) is 67.6 Å². The third-order valence-electron chi connectivity index (χ3n) is 7.15. The number of rotatable bonds is 15. The number of nitrogens with one attached hydrogen (secondary N) is 2. The summed E-state index contributed by atoms with van der Waals surface area (Å²) in [5.74, 6) is 0.221. The minimum absolute atomic E-state index is 0.133. The smallest absolute Gasteiger partial charge is 0.243 e. The van der Waals surface area contributed by atoms with Gasteiger partial charge in [-0.25, -0.2) is 13.1 Å². The van der Waals surface area contributed by atoms with Crippen LogP contribution in [0.4, 0.5) is 0 Å². The average molecular weight is 615 g/mol. The van der Waals surface area contributed by atoms with Crippen molar-refractivity contribution in [3.05, 3.63) is 126 Å². The fourth-order valence-electron chi connectivity index (χ4n) is 4.78. The first-order valence-electron chi connectivity index (χ1n) is 14.5. The predicted octanol–water partition coefficient (Wildman–Crippen LogP) is 4.28. The van der Waals surface area contributed by atoms with E-state index in [1.54, 1.807) is 37.3 Å². The molecule has 230 valence electrons. The molecule has 0 spiro atoms. The number of aryl methyl sites for hydroxylation is 1. The molecule has 2 N–H and O–H groups in total. The van der Waals surface area contributed by atoms with E-state index in [-0.39, 0.29) is 36.2 Å². The molecule has 0 bridgehead atoms. The van der Waals surface area contributed by atoms with Crippen LogP contribution in [0.15, 0.2) is 108 Å². The van der Waals surface area contributed by atoms with Crippen molar-refractivity contribution in [2.45, 2.75) is 50.2 Å². The Bertz CT molecular complexity index is 1600. The van der Waals surface area contributed by atoms with Gasteiger partial charge in [0.15, 0.2) is 0 Å². The van der Waals surface area contributed by atoms with Crippen molar-refractivity contribution in [3.63, 3.8) is 0 Å². The summed E-state index contributed by atoms with van der Waals surface area (Å²) in [6, 6.07) is 28.3. The topological polar surface area (TPSA) is 118 Å². The van der Waals surface area contributed by atoms with Gasteiger partial charge in [0.05, 0.1) is 24.2 Å². The first kappa shape index (κ1) is 32.4. The maximum atomic E-state index is 14.0. The van der Waals surface area contributed by atoms with Crippen LogP contribution >= 0.6 is 0 Å². The van der Waals surface area contributed by atoms with Gasteiger partial charge in [-0.15, -0.1) is 0 Å². The summed E-state index contributed by atoms with van der Waals surface area (Å²) in [7, 11) is -1.98. The second-order valence-corrected chi connectivity index (χ2v) is 12.0. The van der Waals surface area contributed by atoms with Crippen molar-refractivity contribution in [2.75, 3.05) is 13.7 Å². The maximum absolute atomic E-state index is 14.0. The van der Waals surface area contributed by atoms with Crippen molar-refractivity contribution >= 4 is 21.8 Å². The van der Waals surface area contributed by atoms with E-state index in [2.05, 4.69) is 15.0 Å². The highest BCUT2D eigenvalue weighted by Crippen LogP contribution is 2.20. The number of sulfonamides is 1. The van der Waals surface area contributed by atoms with Crippen LogP contribution in [0.5, 0.6) is 5.75 Å². The highest BCUT2D eigenvalue weighted by Gasteiger charge is 2.30. The van der Waals surface area contributed by atoms with E-state index < -0.39 is 16.1 Å². The number of methoxy groups -OCH3 is 1. The second kappa shape index (κ2) is 15.8. The molecule has 1 aromatic heterocycles. The molecule has 4 aromatic rings. The fourth-order valence-corrected chi connectivity index (χ4v) is 5.82. The normalized spacial score (nSPS) is 11.9. The standard InChI is InChI=1S/C34H38N4O5S/c1-3-37-44(41,42)31-19-14-26(15-20-31)16-21-33(39)38(25-28-12-17-30(43-2)18-13-28)32(23-27-9-5-4-6-10-27)34(40)36-24-29-11-7-8-22-35-29/h4-15,17-20,22,32,37H,3,16,21,23-25H2,1-2H3,(H,36,40). The van der Waals surface area contributed by atoms with Crippen molar-refractivity contribution in [1.82, 2.24) is 19.9 Å². The van der Waals surface area contributed by atoms with Crippen LogP contribution in [0.25, 0.3) is 0 Å². The number of amides is 2. The first-order valence-corrected chi connectivity index (χ1v) is 16.0. The molecule has 1 heterocycles. The summed E-state index contributed by atoms with van der Waals surface area (Å²) in [4.78, 5) is 33.9. The molecule has 1 atom stereocenters. The Kier molecular flexibility index (Phi) is 11.6. The molecule has 0 fully saturated rings. The van der Waals surface area contributed by atoms with Gasteiger partial charge >= 0.3 is 0 Å². The zero-order chi connectivity index (χ0) is 31.4. The van der Waals surface area contributed by atoms with Crippen LogP contribution in [0, 0.1) is 0 Å². The van der Waals surface area contributed by atoms with Gasteiger partial charge in [-0.3, -0.25) is 14.6 Å². The summed E-state index contributed by atoms with van der Waals surface area (Å²) >= 11 is 0. The van der Waals surface area contributed by atoms with Gasteiger partial charge < -0.3 is 15.0 Å². The molecule has 0 aliphatic heterocycles. The summed E-state index contributed by atoms with van der Waals surface area (Å²) in [5.41, 5.74) is 3.31. The molecule has 0 saturated carbocycles. The van der Waals surface area contributed by atoms with Gasteiger partial charge in [0.1, 0.15) is 11.8 Å². The zero-order valence-corrected chi connectivity index (χ0v) is 25.8. The molecule has 10 heteroatoms. The predicted molar refractivity (Wildman–Crippen MR) is 169 cm³/mol. The van der Waals surface area contributed by atoms with E-state index in [0.717, 1.165) is 16.7 Å². The van der Waals surface area contributed by atoms with Gasteiger partial charge in [0, 0.05) is 32.1 Å². The van der Waals surface area contributed by atoms with Gasteiger partial charge in [-0.05, 0) is 59.5 Å². The van der Waals surface area contributed by atoms with Gasteiger partial charge in [0.25, 0.3) is 0 Å². The number of pyridine rings is 1. The Balaban J connectivity index is 1.59. The number of benzene rings is 3. The zero-order valence-electron chi connectivity index (χ0n) is 25.0. The van der Waals surface area contributed by atoms with E-state index >= 15 is 0 Å². The minimum atomic E-state index is -3.57. The molecule has 0 aliphatic rings. The molecule has 0 radical (unpaired) electrons. The number of aromatic nitrogens is 1. The Morgan fingerprint density at radius 1 is 0.864 bits per heavy atom. The molecule has 0 aliphatic carbocycles. The number of hydrogen-bond donors (Lipinski definition) is 2. The van der Waals surface area contributed by atoms with Crippen molar-refractivity contribution < 1.29 is 22.7 Å². The summed E-state index contributed by atoms with van der Waals surface area (Å²) in [6.07, 6.45) is 2.51. The van der Waals surface area contributed by atoms with E-state index in [4.69, 9.17) is 4.74 Å². The Labute approximate surface area is 259 Å². The highest BCUT2D eigenvalue weighted by molar-refractivity contribution is 7.89. The molecule has 9 nitrogen and oxygen atoms in total. The lowest BCUT2D eigenvalue weighted by Gasteiger charge is -2.31. The Hall–Kier alpha value is -4.54. The van der Waals surface area contributed by atoms with Crippen molar-refractivity contribution in [2.24, 2.45) is 0 Å². The summed E-state index contributed by atoms with van der Waals surface area (Å²) < 4.78 is 32.4. The van der Waals surface area contributed by atoms with E-state index in [9.17, 15) is 18.0 Å². The van der Waals surface area contributed by atoms with Gasteiger partial charge in [-0.2, -0.15) is 0 Å². The maximum Gasteiger partial charge on any atom is 0.243 e. The quantitative estimate of drug-likeness (QED) is 0.207. The Morgan fingerprint density at radius 3 is 2.18 bits per heavy atom. The second-order valence-electron chi connectivity index (χ2n) is 10.3. The number of carbonyl (C=O) groups is 2. The largest absolute Gasteiger partial charge is 0.497 e. The van der Waals surface area contributed by atoms with Crippen LogP contribution in [-0.4, -0.2) is 49.8 Å². The number of carbonyl (C=O) groups excluding carboxylic acids is 2. The third-order valence-corrected chi connectivity index (χ3v) is 8.71. The van der Waals surface area contributed by atoms with Crippen LogP contribution in [0.2, 0.25) is 0 Å². The van der Waals surface area contributed by atoms with Crippen LogP contribution in [-0.2, 0) is 45.5 Å². The fraction of sp³-hybridized carbons (Fsp3) is 0.265. The molecule has 3 aromatic carbocycles. The van der Waals surface area contributed by atoms with E-state index in [0.29, 0.717) is 30.8 Å². The van der Waals surface area contributed by atoms with Crippen LogP contribution < -0.4 is 14.8 Å². The van der Waals surface area contributed by atoms with Crippen LogP contribution in [0.3, 0.4) is 0 Å². The third kappa shape index (κ3) is 9.23. The molecule has 44 heavy (non-hydrogen) atoms. The molecular weight excluding hydrogens is 576 g/mol. The summed E-state index contributed by atoms with van der Waals surface area (Å²) in [5, 5.41) is 2.98. The lowest BCUT2D eigenvalue weighted by Crippen LogP contribution is -2.50. The first-order chi connectivity index (χ1) is 21.3. The van der Waals surface area contributed by atoms with Crippen LogP contribution in [0.1, 0.15) is 35.7 Å². The highest BCUT2D eigenvalue weighted by atomic mass is 32.2. The van der Waals surface area contributed by atoms with E-state index in [1.807, 2.05) is 72.8 Å². The molecule has 1 unspecified atom stereocenters. The monoisotopic (exact) mass is 614 g/mol. The molecular formula is C34H38N4O5S. The average Bonchev–Trinajstić information content (AvgIpc) is 3.05. The summed E-state index contributed by atoms with van der Waals surface area (Å²) in [6.45, 7) is 2.47. The number of ether oxygens (including phenoxy) is 1. The molecule has 2 amide bonds. The van der Waals surface area contributed by atoms with Gasteiger partial charge in [0.2, 0.25) is 21.8 Å². The Morgan fingerprint density at radius 2 is 1.55 bits per heavy atom. The molecule has 0 saturated heterocycles. The number of nitrogens with zero attached hydrogens (tertiary/aromatic N) is 2.